The highest BCUT2D eigenvalue weighted by atomic mass is 16.7. The molecule has 6 nitrogen and oxygen atoms in total. The second-order valence-electron chi connectivity index (χ2n) is 4.64. The summed E-state index contributed by atoms with van der Waals surface area (Å²) in [6.07, 6.45) is -0.235. The Labute approximate surface area is 124 Å². The van der Waals surface area contributed by atoms with Gasteiger partial charge in [-0.05, 0) is 31.5 Å². The van der Waals surface area contributed by atoms with Gasteiger partial charge < -0.3 is 24.8 Å². The molecule has 0 spiro atoms. The normalized spacial score (nSPS) is 13.8. The Morgan fingerprint density at radius 3 is 2.81 bits per heavy atom. The molecule has 1 amide bonds. The molecular weight excluding hydrogens is 272 g/mol. The molecule has 1 aromatic rings. The van der Waals surface area contributed by atoms with Crippen LogP contribution in [0.2, 0.25) is 0 Å². The Kier molecular flexibility index (Phi) is 5.98. The molecule has 0 aliphatic carbocycles. The highest BCUT2D eigenvalue weighted by molar-refractivity contribution is 5.95. The van der Waals surface area contributed by atoms with Crippen LogP contribution < -0.4 is 15.4 Å². The SMILES string of the molecule is CCOC(CNCc1ccc2c(c1)NC(=O)CO2)OCC. The van der Waals surface area contributed by atoms with Crippen LogP contribution in [-0.2, 0) is 20.8 Å². The molecule has 0 bridgehead atoms. The van der Waals surface area contributed by atoms with Crippen molar-refractivity contribution in [3.05, 3.63) is 23.8 Å². The lowest BCUT2D eigenvalue weighted by molar-refractivity contribution is -0.133. The summed E-state index contributed by atoms with van der Waals surface area (Å²) in [6.45, 7) is 6.48. The number of fused-ring (bicyclic) bond motifs is 1. The van der Waals surface area contributed by atoms with E-state index in [0.29, 0.717) is 32.1 Å². The largest absolute Gasteiger partial charge is 0.482 e. The second-order valence-corrected chi connectivity index (χ2v) is 4.64. The lowest BCUT2D eigenvalue weighted by atomic mass is 10.1. The first kappa shape index (κ1) is 15.8. The minimum absolute atomic E-state index is 0.0784. The minimum Gasteiger partial charge on any atom is -0.482 e. The maximum absolute atomic E-state index is 11.3. The molecule has 0 unspecified atom stereocenters. The van der Waals surface area contributed by atoms with Gasteiger partial charge in [-0.1, -0.05) is 6.07 Å². The summed E-state index contributed by atoms with van der Waals surface area (Å²) in [7, 11) is 0. The van der Waals surface area contributed by atoms with Crippen LogP contribution in [0.3, 0.4) is 0 Å². The van der Waals surface area contributed by atoms with Crippen LogP contribution in [0, 0.1) is 0 Å². The van der Waals surface area contributed by atoms with Gasteiger partial charge >= 0.3 is 0 Å². The van der Waals surface area contributed by atoms with E-state index in [9.17, 15) is 4.79 Å². The summed E-state index contributed by atoms with van der Waals surface area (Å²) in [4.78, 5) is 11.3. The molecule has 0 saturated carbocycles. The third kappa shape index (κ3) is 4.70. The van der Waals surface area contributed by atoms with Crippen LogP contribution in [0.25, 0.3) is 0 Å². The monoisotopic (exact) mass is 294 g/mol. The summed E-state index contributed by atoms with van der Waals surface area (Å²) >= 11 is 0. The van der Waals surface area contributed by atoms with E-state index < -0.39 is 0 Å². The molecule has 1 aromatic carbocycles. The number of ether oxygens (including phenoxy) is 3. The zero-order valence-corrected chi connectivity index (χ0v) is 12.5. The fourth-order valence-corrected chi connectivity index (χ4v) is 2.11. The lowest BCUT2D eigenvalue weighted by Crippen LogP contribution is -2.31. The predicted molar refractivity (Wildman–Crippen MR) is 79.3 cm³/mol. The van der Waals surface area contributed by atoms with Gasteiger partial charge in [-0.15, -0.1) is 0 Å². The third-order valence-electron chi connectivity index (χ3n) is 3.02. The van der Waals surface area contributed by atoms with Crippen LogP contribution in [0.5, 0.6) is 5.75 Å². The fraction of sp³-hybridized carbons (Fsp3) is 0.533. The van der Waals surface area contributed by atoms with Crippen molar-refractivity contribution in [2.45, 2.75) is 26.7 Å². The molecular formula is C15H22N2O4. The first-order chi connectivity index (χ1) is 10.2. The average Bonchev–Trinajstić information content (AvgIpc) is 2.47. The predicted octanol–water partition coefficient (Wildman–Crippen LogP) is 1.51. The summed E-state index contributed by atoms with van der Waals surface area (Å²) in [5, 5.41) is 6.08. The van der Waals surface area contributed by atoms with Crippen molar-refractivity contribution < 1.29 is 19.0 Å². The molecule has 2 rings (SSSR count). The Morgan fingerprint density at radius 1 is 1.33 bits per heavy atom. The topological polar surface area (TPSA) is 68.8 Å². The molecule has 1 heterocycles. The zero-order valence-electron chi connectivity index (χ0n) is 12.5. The second kappa shape index (κ2) is 7.97. The van der Waals surface area contributed by atoms with Gasteiger partial charge in [0.1, 0.15) is 5.75 Å². The molecule has 1 aliphatic heterocycles. The minimum atomic E-state index is -0.235. The van der Waals surface area contributed by atoms with Crippen molar-refractivity contribution in [1.29, 1.82) is 0 Å². The van der Waals surface area contributed by atoms with Gasteiger partial charge in [0.05, 0.1) is 5.69 Å². The quantitative estimate of drug-likeness (QED) is 0.711. The van der Waals surface area contributed by atoms with Crippen molar-refractivity contribution >= 4 is 11.6 Å². The summed E-state index contributed by atoms with van der Waals surface area (Å²) < 4.78 is 16.3. The molecule has 2 N–H and O–H groups in total. The molecule has 0 fully saturated rings. The summed E-state index contributed by atoms with van der Waals surface area (Å²) in [5.74, 6) is 0.584. The molecule has 116 valence electrons. The zero-order chi connectivity index (χ0) is 15.1. The first-order valence-corrected chi connectivity index (χ1v) is 7.22. The van der Waals surface area contributed by atoms with E-state index in [1.807, 2.05) is 32.0 Å². The van der Waals surface area contributed by atoms with E-state index in [2.05, 4.69) is 10.6 Å². The van der Waals surface area contributed by atoms with Gasteiger partial charge in [-0.25, -0.2) is 0 Å². The number of hydrogen-bond donors (Lipinski definition) is 2. The maximum atomic E-state index is 11.3. The fourth-order valence-electron chi connectivity index (χ4n) is 2.11. The number of carbonyl (C=O) groups excluding carboxylic acids is 1. The lowest BCUT2D eigenvalue weighted by Gasteiger charge is -2.19. The molecule has 21 heavy (non-hydrogen) atoms. The Bertz CT molecular complexity index is 473. The summed E-state index contributed by atoms with van der Waals surface area (Å²) in [6, 6.07) is 5.75. The first-order valence-electron chi connectivity index (χ1n) is 7.22. The van der Waals surface area contributed by atoms with Crippen LogP contribution in [0.4, 0.5) is 5.69 Å². The molecule has 1 aliphatic rings. The number of rotatable bonds is 8. The standard InChI is InChI=1S/C15H22N2O4/c1-3-19-15(20-4-2)9-16-8-11-5-6-13-12(7-11)17-14(18)10-21-13/h5-7,15-16H,3-4,8-10H2,1-2H3,(H,17,18). The maximum Gasteiger partial charge on any atom is 0.262 e. The van der Waals surface area contributed by atoms with Crippen LogP contribution in [-0.4, -0.2) is 38.6 Å². The number of benzene rings is 1. The Morgan fingerprint density at radius 2 is 2.10 bits per heavy atom. The third-order valence-corrected chi connectivity index (χ3v) is 3.02. The summed E-state index contributed by atoms with van der Waals surface area (Å²) in [5.41, 5.74) is 1.78. The number of carbonyl (C=O) groups is 1. The van der Waals surface area contributed by atoms with Crippen LogP contribution in [0.15, 0.2) is 18.2 Å². The van der Waals surface area contributed by atoms with Crippen molar-refractivity contribution in [2.75, 3.05) is 31.7 Å². The van der Waals surface area contributed by atoms with Gasteiger partial charge in [0, 0.05) is 26.3 Å². The van der Waals surface area contributed by atoms with Gasteiger partial charge in [-0.3, -0.25) is 4.79 Å². The number of hydrogen-bond acceptors (Lipinski definition) is 5. The molecule has 0 radical (unpaired) electrons. The van der Waals surface area contributed by atoms with Crippen molar-refractivity contribution in [1.82, 2.24) is 5.32 Å². The van der Waals surface area contributed by atoms with Crippen LogP contribution in [0.1, 0.15) is 19.4 Å². The van der Waals surface area contributed by atoms with E-state index in [-0.39, 0.29) is 18.8 Å². The molecule has 0 aromatic heterocycles. The van der Waals surface area contributed by atoms with Gasteiger partial charge in [0.15, 0.2) is 12.9 Å². The number of amides is 1. The molecule has 0 saturated heterocycles. The van der Waals surface area contributed by atoms with E-state index in [1.165, 1.54) is 0 Å². The van der Waals surface area contributed by atoms with Crippen LogP contribution >= 0.6 is 0 Å². The number of anilines is 1. The van der Waals surface area contributed by atoms with Gasteiger partial charge in [0.2, 0.25) is 0 Å². The van der Waals surface area contributed by atoms with Crippen molar-refractivity contribution in [3.63, 3.8) is 0 Å². The Balaban J connectivity index is 1.85. The van der Waals surface area contributed by atoms with E-state index >= 15 is 0 Å². The van der Waals surface area contributed by atoms with E-state index in [1.54, 1.807) is 0 Å². The number of nitrogens with one attached hydrogen (secondary N) is 2. The Hall–Kier alpha value is -1.63. The highest BCUT2D eigenvalue weighted by Gasteiger charge is 2.15. The van der Waals surface area contributed by atoms with Gasteiger partial charge in [-0.2, -0.15) is 0 Å². The molecule has 0 atom stereocenters. The molecule has 6 heteroatoms. The van der Waals surface area contributed by atoms with Gasteiger partial charge in [0.25, 0.3) is 5.91 Å². The average molecular weight is 294 g/mol. The highest BCUT2D eigenvalue weighted by Crippen LogP contribution is 2.28. The van der Waals surface area contributed by atoms with E-state index in [4.69, 9.17) is 14.2 Å². The smallest absolute Gasteiger partial charge is 0.262 e. The van der Waals surface area contributed by atoms with Crippen molar-refractivity contribution in [2.24, 2.45) is 0 Å². The van der Waals surface area contributed by atoms with E-state index in [0.717, 1.165) is 11.3 Å². The van der Waals surface area contributed by atoms with Crippen molar-refractivity contribution in [3.8, 4) is 5.75 Å².